The second-order valence-corrected chi connectivity index (χ2v) is 6.14. The fourth-order valence-corrected chi connectivity index (χ4v) is 3.37. The van der Waals surface area contributed by atoms with Crippen LogP contribution in [0.15, 0.2) is 48.5 Å². The van der Waals surface area contributed by atoms with E-state index in [2.05, 4.69) is 29.2 Å². The summed E-state index contributed by atoms with van der Waals surface area (Å²) in [7, 11) is 0. The van der Waals surface area contributed by atoms with E-state index in [9.17, 15) is 4.39 Å². The average molecular weight is 298 g/mol. The fourth-order valence-electron chi connectivity index (χ4n) is 3.37. The van der Waals surface area contributed by atoms with E-state index >= 15 is 0 Å². The van der Waals surface area contributed by atoms with Gasteiger partial charge >= 0.3 is 0 Å². The molecule has 1 aliphatic rings. The maximum atomic E-state index is 14.2. The summed E-state index contributed by atoms with van der Waals surface area (Å²) in [4.78, 5) is 2.31. The van der Waals surface area contributed by atoms with Gasteiger partial charge in [-0.1, -0.05) is 43.3 Å². The molecule has 0 bridgehead atoms. The van der Waals surface area contributed by atoms with Crippen LogP contribution in [0.25, 0.3) is 0 Å². The van der Waals surface area contributed by atoms with Crippen LogP contribution in [0.4, 0.5) is 10.1 Å². The molecule has 2 N–H and O–H groups in total. The smallest absolute Gasteiger partial charge is 0.128 e. The van der Waals surface area contributed by atoms with Gasteiger partial charge in [0.05, 0.1) is 5.54 Å². The molecule has 0 spiro atoms. The van der Waals surface area contributed by atoms with E-state index in [1.54, 1.807) is 6.07 Å². The molecule has 0 aromatic heterocycles. The number of hydrogen-bond acceptors (Lipinski definition) is 2. The lowest BCUT2D eigenvalue weighted by Gasteiger charge is -2.39. The first kappa shape index (κ1) is 15.0. The molecule has 3 rings (SSSR count). The molecule has 116 valence electrons. The predicted octanol–water partition coefficient (Wildman–Crippen LogP) is 3.84. The minimum absolute atomic E-state index is 0.211. The molecule has 0 fully saturated rings. The van der Waals surface area contributed by atoms with E-state index in [1.807, 2.05) is 19.1 Å². The van der Waals surface area contributed by atoms with Crippen LogP contribution in [0.3, 0.4) is 0 Å². The van der Waals surface area contributed by atoms with Crippen molar-refractivity contribution in [3.8, 4) is 0 Å². The first-order chi connectivity index (χ1) is 10.6. The van der Waals surface area contributed by atoms with E-state index in [4.69, 9.17) is 5.73 Å². The Balaban J connectivity index is 1.93. The lowest BCUT2D eigenvalue weighted by molar-refractivity contribution is 0.398. The fraction of sp³-hybridized carbons (Fsp3) is 0.368. The molecule has 0 radical (unpaired) electrons. The van der Waals surface area contributed by atoms with Gasteiger partial charge in [0.1, 0.15) is 5.82 Å². The highest BCUT2D eigenvalue weighted by atomic mass is 19.1. The second kappa shape index (κ2) is 6.09. The minimum atomic E-state index is -0.671. The predicted molar refractivity (Wildman–Crippen MR) is 89.5 cm³/mol. The van der Waals surface area contributed by atoms with Gasteiger partial charge in [0.2, 0.25) is 0 Å². The monoisotopic (exact) mass is 298 g/mol. The third kappa shape index (κ3) is 2.73. The number of halogens is 1. The van der Waals surface area contributed by atoms with Crippen molar-refractivity contribution in [1.82, 2.24) is 0 Å². The SMILES string of the molecule is CCC(N)(CN1CCCc2ccccc21)c1ccccc1F. The first-order valence-electron chi connectivity index (χ1n) is 8.01. The van der Waals surface area contributed by atoms with Gasteiger partial charge in [-0.3, -0.25) is 0 Å². The largest absolute Gasteiger partial charge is 0.369 e. The molecule has 1 aliphatic heterocycles. The summed E-state index contributed by atoms with van der Waals surface area (Å²) >= 11 is 0. The van der Waals surface area contributed by atoms with Gasteiger partial charge in [-0.2, -0.15) is 0 Å². The zero-order valence-electron chi connectivity index (χ0n) is 13.1. The Labute approximate surface area is 131 Å². The Kier molecular flexibility index (Phi) is 4.16. The van der Waals surface area contributed by atoms with Gasteiger partial charge in [-0.05, 0) is 37.0 Å². The number of fused-ring (bicyclic) bond motifs is 1. The Morgan fingerprint density at radius 1 is 1.14 bits per heavy atom. The van der Waals surface area contributed by atoms with Crippen LogP contribution in [0.5, 0.6) is 0 Å². The second-order valence-electron chi connectivity index (χ2n) is 6.14. The summed E-state index contributed by atoms with van der Waals surface area (Å²) in [5.41, 5.74) is 9.17. The van der Waals surface area contributed by atoms with Crippen molar-refractivity contribution >= 4 is 5.69 Å². The number of hydrogen-bond donors (Lipinski definition) is 1. The van der Waals surface area contributed by atoms with Gasteiger partial charge < -0.3 is 10.6 Å². The van der Waals surface area contributed by atoms with Crippen LogP contribution in [-0.2, 0) is 12.0 Å². The number of para-hydroxylation sites is 1. The summed E-state index contributed by atoms with van der Waals surface area (Å²) in [6.45, 7) is 3.65. The number of rotatable bonds is 4. The molecule has 2 nitrogen and oxygen atoms in total. The molecule has 2 aromatic carbocycles. The quantitative estimate of drug-likeness (QED) is 0.929. The lowest BCUT2D eigenvalue weighted by atomic mass is 9.86. The van der Waals surface area contributed by atoms with E-state index in [-0.39, 0.29) is 5.82 Å². The standard InChI is InChI=1S/C19H23FN2/c1-2-19(21,16-10-4-5-11-17(16)20)14-22-13-7-9-15-8-3-6-12-18(15)22/h3-6,8,10-12H,2,7,9,13-14,21H2,1H3. The number of aryl methyl sites for hydroxylation is 1. The maximum absolute atomic E-state index is 14.2. The van der Waals surface area contributed by atoms with Crippen molar-refractivity contribution in [2.75, 3.05) is 18.0 Å². The molecular formula is C19H23FN2. The van der Waals surface area contributed by atoms with Gasteiger partial charge in [0.25, 0.3) is 0 Å². The number of benzene rings is 2. The summed E-state index contributed by atoms with van der Waals surface area (Å²) < 4.78 is 14.2. The lowest BCUT2D eigenvalue weighted by Crippen LogP contribution is -2.49. The molecule has 0 saturated heterocycles. The Morgan fingerprint density at radius 2 is 1.86 bits per heavy atom. The minimum Gasteiger partial charge on any atom is -0.369 e. The number of nitrogens with two attached hydrogens (primary N) is 1. The molecule has 1 atom stereocenters. The molecular weight excluding hydrogens is 275 g/mol. The highest BCUT2D eigenvalue weighted by Crippen LogP contribution is 2.32. The topological polar surface area (TPSA) is 29.3 Å². The number of anilines is 1. The molecule has 1 unspecified atom stereocenters. The van der Waals surface area contributed by atoms with Crippen LogP contribution in [0, 0.1) is 5.82 Å². The van der Waals surface area contributed by atoms with E-state index in [1.165, 1.54) is 17.3 Å². The van der Waals surface area contributed by atoms with Crippen molar-refractivity contribution in [2.45, 2.75) is 31.7 Å². The summed E-state index contributed by atoms with van der Waals surface area (Å²) in [5, 5.41) is 0. The van der Waals surface area contributed by atoms with E-state index in [0.29, 0.717) is 18.5 Å². The molecule has 22 heavy (non-hydrogen) atoms. The van der Waals surface area contributed by atoms with Gasteiger partial charge in [0.15, 0.2) is 0 Å². The zero-order valence-corrected chi connectivity index (χ0v) is 13.1. The van der Waals surface area contributed by atoms with Gasteiger partial charge in [-0.25, -0.2) is 4.39 Å². The summed E-state index contributed by atoms with van der Waals surface area (Å²) in [6.07, 6.45) is 2.93. The van der Waals surface area contributed by atoms with Crippen LogP contribution in [0.2, 0.25) is 0 Å². The Bertz CT molecular complexity index is 655. The molecule has 1 heterocycles. The maximum Gasteiger partial charge on any atom is 0.128 e. The Morgan fingerprint density at radius 3 is 2.64 bits per heavy atom. The van der Waals surface area contributed by atoms with Crippen LogP contribution >= 0.6 is 0 Å². The van der Waals surface area contributed by atoms with Gasteiger partial charge in [0, 0.05) is 24.3 Å². The molecule has 2 aromatic rings. The van der Waals surface area contributed by atoms with Crippen molar-refractivity contribution < 1.29 is 4.39 Å². The average Bonchev–Trinajstić information content (AvgIpc) is 2.55. The van der Waals surface area contributed by atoms with Crippen molar-refractivity contribution in [3.63, 3.8) is 0 Å². The summed E-state index contributed by atoms with van der Waals surface area (Å²) in [6, 6.07) is 15.3. The third-order valence-electron chi connectivity index (χ3n) is 4.72. The van der Waals surface area contributed by atoms with Crippen molar-refractivity contribution in [3.05, 3.63) is 65.5 Å². The van der Waals surface area contributed by atoms with Crippen LogP contribution < -0.4 is 10.6 Å². The highest BCUT2D eigenvalue weighted by Gasteiger charge is 2.32. The van der Waals surface area contributed by atoms with Gasteiger partial charge in [-0.15, -0.1) is 0 Å². The molecule has 0 saturated carbocycles. The molecule has 3 heteroatoms. The summed E-state index contributed by atoms with van der Waals surface area (Å²) in [5.74, 6) is -0.211. The van der Waals surface area contributed by atoms with E-state index in [0.717, 1.165) is 19.4 Å². The third-order valence-corrected chi connectivity index (χ3v) is 4.72. The highest BCUT2D eigenvalue weighted by molar-refractivity contribution is 5.56. The van der Waals surface area contributed by atoms with Crippen molar-refractivity contribution in [2.24, 2.45) is 5.73 Å². The van der Waals surface area contributed by atoms with Crippen LogP contribution in [0.1, 0.15) is 30.9 Å². The molecule has 0 amide bonds. The number of nitrogens with zero attached hydrogens (tertiary/aromatic N) is 1. The zero-order chi connectivity index (χ0) is 15.6. The normalized spacial score (nSPS) is 17.0. The molecule has 0 aliphatic carbocycles. The van der Waals surface area contributed by atoms with Crippen molar-refractivity contribution in [1.29, 1.82) is 0 Å². The Hall–Kier alpha value is -1.87. The van der Waals surface area contributed by atoms with E-state index < -0.39 is 5.54 Å². The van der Waals surface area contributed by atoms with Crippen LogP contribution in [-0.4, -0.2) is 13.1 Å². The first-order valence-corrected chi connectivity index (χ1v) is 8.01.